The third-order valence-corrected chi connectivity index (χ3v) is 7.78. The largest absolute Gasteiger partial charge is 0.493 e. The maximum absolute atomic E-state index is 13.6. The SMILES string of the molecule is COc1ccc(/C=N/N=C2\S/C(=C\c3cc(Br)ccc3OCC(=O)Nc3ccc(F)cc3)C(=O)N2Cc2ccco2)cc1OC. The van der Waals surface area contributed by atoms with Gasteiger partial charge in [-0.15, -0.1) is 5.10 Å². The number of carbonyl (C=O) groups excluding carboxylic acids is 2. The van der Waals surface area contributed by atoms with Gasteiger partial charge in [0.1, 0.15) is 17.3 Å². The molecular weight excluding hydrogens is 667 g/mol. The van der Waals surface area contributed by atoms with E-state index in [-0.39, 0.29) is 19.1 Å². The Bertz CT molecular complexity index is 1780. The van der Waals surface area contributed by atoms with Gasteiger partial charge in [0.05, 0.1) is 38.1 Å². The zero-order chi connectivity index (χ0) is 31.8. The summed E-state index contributed by atoms with van der Waals surface area (Å²) in [6.07, 6.45) is 4.74. The molecule has 4 aromatic rings. The Balaban J connectivity index is 1.37. The molecule has 230 valence electrons. The van der Waals surface area contributed by atoms with Crippen LogP contribution >= 0.6 is 27.7 Å². The van der Waals surface area contributed by atoms with E-state index in [0.29, 0.717) is 44.3 Å². The molecule has 45 heavy (non-hydrogen) atoms. The third kappa shape index (κ3) is 8.19. The van der Waals surface area contributed by atoms with Crippen LogP contribution in [0.5, 0.6) is 17.2 Å². The molecule has 1 saturated heterocycles. The Labute approximate surface area is 270 Å². The summed E-state index contributed by atoms with van der Waals surface area (Å²) in [4.78, 5) is 27.9. The number of benzene rings is 3. The van der Waals surface area contributed by atoms with Crippen LogP contribution in [0.15, 0.2) is 103 Å². The summed E-state index contributed by atoms with van der Waals surface area (Å²) >= 11 is 4.60. The average molecular weight is 694 g/mol. The van der Waals surface area contributed by atoms with E-state index in [1.807, 2.05) is 0 Å². The molecule has 0 unspecified atom stereocenters. The molecule has 13 heteroatoms. The smallest absolute Gasteiger partial charge is 0.267 e. The molecule has 1 fully saturated rings. The molecular formula is C32H26BrFN4O6S. The fourth-order valence-corrected chi connectivity index (χ4v) is 5.44. The molecule has 1 aromatic heterocycles. The zero-order valence-corrected chi connectivity index (χ0v) is 26.4. The first kappa shape index (κ1) is 31.5. The van der Waals surface area contributed by atoms with Crippen LogP contribution in [0.3, 0.4) is 0 Å². The van der Waals surface area contributed by atoms with Crippen molar-refractivity contribution in [2.45, 2.75) is 6.54 Å². The molecule has 0 spiro atoms. The molecule has 0 radical (unpaired) electrons. The Morgan fingerprint density at radius 1 is 1.04 bits per heavy atom. The Hall–Kier alpha value is -4.88. The maximum atomic E-state index is 13.6. The van der Waals surface area contributed by atoms with Crippen LogP contribution in [0.2, 0.25) is 0 Å². The highest BCUT2D eigenvalue weighted by molar-refractivity contribution is 9.10. The van der Waals surface area contributed by atoms with Gasteiger partial charge in [-0.3, -0.25) is 14.5 Å². The normalized spacial score (nSPS) is 14.8. The first-order valence-electron chi connectivity index (χ1n) is 13.4. The molecule has 1 aliphatic heterocycles. The number of methoxy groups -OCH3 is 2. The number of anilines is 1. The molecule has 2 amide bonds. The number of halogens is 2. The van der Waals surface area contributed by atoms with E-state index in [0.717, 1.165) is 21.8 Å². The van der Waals surface area contributed by atoms with Crippen molar-refractivity contribution in [1.82, 2.24) is 4.90 Å². The zero-order valence-electron chi connectivity index (χ0n) is 24.0. The van der Waals surface area contributed by atoms with Gasteiger partial charge in [0.15, 0.2) is 23.3 Å². The number of furan rings is 1. The number of nitrogens with zero attached hydrogens (tertiary/aromatic N) is 3. The van der Waals surface area contributed by atoms with Gasteiger partial charge >= 0.3 is 0 Å². The summed E-state index contributed by atoms with van der Waals surface area (Å²) in [7, 11) is 3.10. The first-order valence-corrected chi connectivity index (χ1v) is 15.0. The van der Waals surface area contributed by atoms with E-state index in [9.17, 15) is 14.0 Å². The van der Waals surface area contributed by atoms with Crippen LogP contribution in [0.1, 0.15) is 16.9 Å². The summed E-state index contributed by atoms with van der Waals surface area (Å²) in [5.41, 5.74) is 1.72. The predicted molar refractivity (Wildman–Crippen MR) is 174 cm³/mol. The van der Waals surface area contributed by atoms with Crippen LogP contribution in [0.25, 0.3) is 6.08 Å². The molecule has 1 N–H and O–H groups in total. The molecule has 0 bridgehead atoms. The van der Waals surface area contributed by atoms with Crippen molar-refractivity contribution in [2.24, 2.45) is 10.2 Å². The van der Waals surface area contributed by atoms with Crippen molar-refractivity contribution >= 4 is 62.7 Å². The summed E-state index contributed by atoms with van der Waals surface area (Å²) in [6, 6.07) is 19.5. The molecule has 3 aromatic carbocycles. The second-order valence-corrected chi connectivity index (χ2v) is 11.3. The van der Waals surface area contributed by atoms with Crippen molar-refractivity contribution < 1.29 is 32.6 Å². The monoisotopic (exact) mass is 692 g/mol. The van der Waals surface area contributed by atoms with Crippen molar-refractivity contribution in [1.29, 1.82) is 0 Å². The quantitative estimate of drug-likeness (QED) is 0.105. The van der Waals surface area contributed by atoms with E-state index < -0.39 is 11.7 Å². The summed E-state index contributed by atoms with van der Waals surface area (Å²) < 4.78 is 35.9. The minimum Gasteiger partial charge on any atom is -0.493 e. The molecule has 1 aliphatic rings. The third-order valence-electron chi connectivity index (χ3n) is 6.28. The fraction of sp³-hybridized carbons (Fsp3) is 0.125. The van der Waals surface area contributed by atoms with Gasteiger partial charge in [-0.2, -0.15) is 5.10 Å². The van der Waals surface area contributed by atoms with Gasteiger partial charge in [-0.05, 0) is 96.2 Å². The van der Waals surface area contributed by atoms with Gasteiger partial charge < -0.3 is 23.9 Å². The maximum Gasteiger partial charge on any atom is 0.267 e. The predicted octanol–water partition coefficient (Wildman–Crippen LogP) is 6.72. The van der Waals surface area contributed by atoms with Gasteiger partial charge in [0, 0.05) is 15.7 Å². The lowest BCUT2D eigenvalue weighted by Crippen LogP contribution is -2.28. The second kappa shape index (κ2) is 14.7. The van der Waals surface area contributed by atoms with Crippen LogP contribution in [-0.4, -0.2) is 48.9 Å². The standard InChI is InChI=1S/C32H26BrFN4O6S/c1-41-27-11-5-20(14-28(27)42-2)17-35-37-32-38(18-25-4-3-13-43-25)31(40)29(45-32)16-21-15-22(33)6-12-26(21)44-19-30(39)36-24-9-7-23(34)8-10-24/h3-17H,18-19H2,1-2H3,(H,36,39)/b29-16-,35-17+,37-32-. The Kier molecular flexibility index (Phi) is 10.3. The number of carbonyl (C=O) groups is 2. The fourth-order valence-electron chi connectivity index (χ4n) is 4.14. The number of nitrogens with one attached hydrogen (secondary N) is 1. The molecule has 0 atom stereocenters. The lowest BCUT2D eigenvalue weighted by molar-refractivity contribution is -0.122. The van der Waals surface area contributed by atoms with E-state index in [1.54, 1.807) is 75.0 Å². The van der Waals surface area contributed by atoms with E-state index >= 15 is 0 Å². The van der Waals surface area contributed by atoms with Crippen molar-refractivity contribution in [3.8, 4) is 17.2 Å². The average Bonchev–Trinajstić information content (AvgIpc) is 3.66. The molecule has 0 saturated carbocycles. The van der Waals surface area contributed by atoms with Crippen LogP contribution in [0, 0.1) is 5.82 Å². The van der Waals surface area contributed by atoms with Gasteiger partial charge in [0.25, 0.3) is 11.8 Å². The van der Waals surface area contributed by atoms with E-state index in [1.165, 1.54) is 35.4 Å². The number of thioether (sulfide) groups is 1. The molecule has 0 aliphatic carbocycles. The first-order chi connectivity index (χ1) is 21.8. The van der Waals surface area contributed by atoms with E-state index in [4.69, 9.17) is 18.6 Å². The van der Waals surface area contributed by atoms with Crippen LogP contribution in [0.4, 0.5) is 10.1 Å². The van der Waals surface area contributed by atoms with Crippen molar-refractivity contribution in [3.63, 3.8) is 0 Å². The minimum atomic E-state index is -0.430. The molecule has 5 rings (SSSR count). The number of rotatable bonds is 11. The number of hydrogen-bond donors (Lipinski definition) is 1. The Morgan fingerprint density at radius 2 is 1.82 bits per heavy atom. The van der Waals surface area contributed by atoms with Gasteiger partial charge in [-0.25, -0.2) is 4.39 Å². The Morgan fingerprint density at radius 3 is 2.56 bits per heavy atom. The molecule has 2 heterocycles. The minimum absolute atomic E-state index is 0.145. The highest BCUT2D eigenvalue weighted by Gasteiger charge is 2.34. The summed E-state index contributed by atoms with van der Waals surface area (Å²) in [6.45, 7) is -0.162. The highest BCUT2D eigenvalue weighted by atomic mass is 79.9. The number of ether oxygens (including phenoxy) is 3. The highest BCUT2D eigenvalue weighted by Crippen LogP contribution is 2.36. The van der Waals surface area contributed by atoms with Crippen molar-refractivity contribution in [2.75, 3.05) is 26.1 Å². The lowest BCUT2D eigenvalue weighted by atomic mass is 10.2. The topological polar surface area (TPSA) is 115 Å². The number of amidine groups is 1. The van der Waals surface area contributed by atoms with Crippen LogP contribution < -0.4 is 19.5 Å². The van der Waals surface area contributed by atoms with Crippen LogP contribution in [-0.2, 0) is 16.1 Å². The lowest BCUT2D eigenvalue weighted by Gasteiger charge is -2.13. The van der Waals surface area contributed by atoms with Gasteiger partial charge in [-0.1, -0.05) is 15.9 Å². The number of hydrogen-bond acceptors (Lipinski definition) is 9. The summed E-state index contributed by atoms with van der Waals surface area (Å²) in [5.74, 6) is 0.933. The summed E-state index contributed by atoms with van der Waals surface area (Å²) in [5, 5.41) is 11.6. The van der Waals surface area contributed by atoms with Crippen molar-refractivity contribution in [3.05, 3.63) is 111 Å². The number of amides is 2. The van der Waals surface area contributed by atoms with Gasteiger partial charge in [0.2, 0.25) is 0 Å². The second-order valence-electron chi connectivity index (χ2n) is 9.35. The molecule has 10 nitrogen and oxygen atoms in total. The van der Waals surface area contributed by atoms with E-state index in [2.05, 4.69) is 31.4 Å².